The lowest BCUT2D eigenvalue weighted by molar-refractivity contribution is 0.0713. The van der Waals surface area contributed by atoms with Gasteiger partial charge in [0.25, 0.3) is 11.5 Å². The first-order valence-electron chi connectivity index (χ1n) is 10.3. The molecule has 0 aliphatic carbocycles. The molecule has 1 amide bonds. The van der Waals surface area contributed by atoms with Crippen LogP contribution in [0.5, 0.6) is 0 Å². The minimum Gasteiger partial charge on any atom is -0.353 e. The van der Waals surface area contributed by atoms with Crippen molar-refractivity contribution >= 4 is 40.5 Å². The first kappa shape index (κ1) is 22.4. The molecule has 5 nitrogen and oxygen atoms in total. The predicted molar refractivity (Wildman–Crippen MR) is 126 cm³/mol. The molecule has 32 heavy (non-hydrogen) atoms. The molecule has 0 radical (unpaired) electrons. The minimum absolute atomic E-state index is 0.0866. The number of carbonyl (C=O) groups excluding carboxylic acids is 1. The van der Waals surface area contributed by atoms with Gasteiger partial charge < -0.3 is 15.2 Å². The molecule has 0 bridgehead atoms. The molecule has 1 aliphatic heterocycles. The van der Waals surface area contributed by atoms with E-state index in [2.05, 4.69) is 10.3 Å². The number of hydrogen-bond acceptors (Lipinski definition) is 3. The summed E-state index contributed by atoms with van der Waals surface area (Å²) in [5, 5.41) is 3.57. The molecule has 1 aliphatic rings. The fourth-order valence-corrected chi connectivity index (χ4v) is 4.36. The van der Waals surface area contributed by atoms with Crippen LogP contribution in [0.1, 0.15) is 40.2 Å². The number of hydrogen-bond donors (Lipinski definition) is 2. The number of piperidine rings is 1. The maximum Gasteiger partial charge on any atom is 0.268 e. The van der Waals surface area contributed by atoms with E-state index in [1.54, 1.807) is 29.2 Å². The fourth-order valence-electron chi connectivity index (χ4n) is 3.98. The van der Waals surface area contributed by atoms with Crippen molar-refractivity contribution in [2.45, 2.75) is 25.7 Å². The monoisotopic (exact) mass is 473 g/mol. The summed E-state index contributed by atoms with van der Waals surface area (Å²) >= 11 is 12.4. The van der Waals surface area contributed by atoms with Crippen LogP contribution < -0.4 is 10.9 Å². The first-order valence-corrected chi connectivity index (χ1v) is 11.1. The molecule has 8 heteroatoms. The number of pyridine rings is 1. The Balaban J connectivity index is 1.56. The molecule has 1 aromatic heterocycles. The molecular formula is C24H22Cl2FN3O2. The van der Waals surface area contributed by atoms with E-state index in [4.69, 9.17) is 23.2 Å². The number of amides is 1. The Bertz CT molecular complexity index is 1200. The normalized spacial score (nSPS) is 14.4. The summed E-state index contributed by atoms with van der Waals surface area (Å²) in [6.45, 7) is 2.99. The Morgan fingerprint density at radius 2 is 1.81 bits per heavy atom. The lowest BCUT2D eigenvalue weighted by Gasteiger charge is -2.32. The van der Waals surface area contributed by atoms with Crippen LogP contribution >= 0.6 is 23.2 Å². The zero-order valence-corrected chi connectivity index (χ0v) is 18.9. The van der Waals surface area contributed by atoms with Gasteiger partial charge in [0.05, 0.1) is 11.3 Å². The van der Waals surface area contributed by atoms with Gasteiger partial charge in [0.15, 0.2) is 0 Å². The van der Waals surface area contributed by atoms with Crippen molar-refractivity contribution in [1.29, 1.82) is 0 Å². The fraction of sp³-hybridized carbons (Fsp3) is 0.250. The van der Waals surface area contributed by atoms with Crippen molar-refractivity contribution in [3.63, 3.8) is 0 Å². The Morgan fingerprint density at radius 1 is 1.12 bits per heavy atom. The zero-order chi connectivity index (χ0) is 22.8. The van der Waals surface area contributed by atoms with Gasteiger partial charge in [-0.05, 0) is 61.1 Å². The Morgan fingerprint density at radius 3 is 2.50 bits per heavy atom. The third-order valence-electron chi connectivity index (χ3n) is 5.85. The van der Waals surface area contributed by atoms with Crippen LogP contribution in [0.2, 0.25) is 10.0 Å². The number of carbonyl (C=O) groups is 1. The van der Waals surface area contributed by atoms with Gasteiger partial charge in [-0.15, -0.1) is 0 Å². The zero-order valence-electron chi connectivity index (χ0n) is 17.4. The number of aromatic amines is 1. The van der Waals surface area contributed by atoms with Gasteiger partial charge in [0.2, 0.25) is 0 Å². The standard InChI is InChI=1S/C24H22Cl2FN3O2/c1-14-2-5-17(25)12-20(14)29-22-19(13-28-23(31)21(22)26)24(32)30-10-8-16(9-11-30)15-3-6-18(27)7-4-15/h2-7,12-13,16H,8-11H2,1H3,(H2,28,29,31). The molecule has 0 spiro atoms. The van der Waals surface area contributed by atoms with Crippen LogP contribution in [0.3, 0.4) is 0 Å². The van der Waals surface area contributed by atoms with Gasteiger partial charge in [0.1, 0.15) is 10.8 Å². The Hall–Kier alpha value is -2.83. The molecule has 166 valence electrons. The number of nitrogens with zero attached hydrogens (tertiary/aromatic N) is 1. The van der Waals surface area contributed by atoms with E-state index in [1.165, 1.54) is 18.3 Å². The van der Waals surface area contributed by atoms with Crippen molar-refractivity contribution in [1.82, 2.24) is 9.88 Å². The van der Waals surface area contributed by atoms with Crippen LogP contribution in [0, 0.1) is 12.7 Å². The van der Waals surface area contributed by atoms with E-state index >= 15 is 0 Å². The van der Waals surface area contributed by atoms with E-state index in [9.17, 15) is 14.0 Å². The maximum atomic E-state index is 13.3. The number of anilines is 2. The highest BCUT2D eigenvalue weighted by Crippen LogP contribution is 2.33. The van der Waals surface area contributed by atoms with Crippen LogP contribution in [-0.4, -0.2) is 28.9 Å². The topological polar surface area (TPSA) is 65.2 Å². The molecule has 1 saturated heterocycles. The molecule has 1 fully saturated rings. The summed E-state index contributed by atoms with van der Waals surface area (Å²) in [5.41, 5.74) is 2.68. The number of benzene rings is 2. The van der Waals surface area contributed by atoms with Crippen molar-refractivity contribution in [3.05, 3.63) is 91.6 Å². The number of halogens is 3. The van der Waals surface area contributed by atoms with Crippen LogP contribution in [-0.2, 0) is 0 Å². The maximum absolute atomic E-state index is 13.3. The number of aromatic nitrogens is 1. The highest BCUT2D eigenvalue weighted by molar-refractivity contribution is 6.34. The average molecular weight is 474 g/mol. The summed E-state index contributed by atoms with van der Waals surface area (Å²) in [6, 6.07) is 11.8. The molecule has 0 unspecified atom stereocenters. The summed E-state index contributed by atoms with van der Waals surface area (Å²) < 4.78 is 13.2. The van der Waals surface area contributed by atoms with Crippen LogP contribution in [0.25, 0.3) is 0 Å². The first-order chi connectivity index (χ1) is 15.3. The van der Waals surface area contributed by atoms with Gasteiger partial charge >= 0.3 is 0 Å². The molecular weight excluding hydrogens is 452 g/mol. The van der Waals surface area contributed by atoms with Gasteiger partial charge in [0, 0.05) is 30.0 Å². The lowest BCUT2D eigenvalue weighted by Crippen LogP contribution is -2.38. The van der Waals surface area contributed by atoms with E-state index in [-0.39, 0.29) is 33.9 Å². The largest absolute Gasteiger partial charge is 0.353 e. The second-order valence-corrected chi connectivity index (χ2v) is 8.74. The van der Waals surface area contributed by atoms with Gasteiger partial charge in [-0.1, -0.05) is 41.4 Å². The summed E-state index contributed by atoms with van der Waals surface area (Å²) in [6.07, 6.45) is 2.93. The second kappa shape index (κ2) is 9.35. The molecule has 2 aromatic carbocycles. The van der Waals surface area contributed by atoms with Crippen LogP contribution in [0.15, 0.2) is 53.5 Å². The number of nitrogens with one attached hydrogen (secondary N) is 2. The molecule has 2 N–H and O–H groups in total. The van der Waals surface area contributed by atoms with Crippen molar-refractivity contribution in [2.75, 3.05) is 18.4 Å². The number of rotatable bonds is 4. The van der Waals surface area contributed by atoms with Gasteiger partial charge in [-0.25, -0.2) is 4.39 Å². The van der Waals surface area contributed by atoms with Gasteiger partial charge in [-0.3, -0.25) is 9.59 Å². The molecule has 0 saturated carbocycles. The third kappa shape index (κ3) is 4.66. The van der Waals surface area contributed by atoms with Crippen LogP contribution in [0.4, 0.5) is 15.8 Å². The van der Waals surface area contributed by atoms with E-state index < -0.39 is 5.56 Å². The number of likely N-dealkylation sites (tertiary alicyclic amines) is 1. The second-order valence-electron chi connectivity index (χ2n) is 7.92. The minimum atomic E-state index is -0.486. The summed E-state index contributed by atoms with van der Waals surface area (Å²) in [7, 11) is 0. The highest BCUT2D eigenvalue weighted by atomic mass is 35.5. The van der Waals surface area contributed by atoms with Crippen molar-refractivity contribution in [2.24, 2.45) is 0 Å². The smallest absolute Gasteiger partial charge is 0.268 e. The summed E-state index contributed by atoms with van der Waals surface area (Å²) in [5.74, 6) is -0.209. The van der Waals surface area contributed by atoms with Crippen molar-refractivity contribution in [3.8, 4) is 0 Å². The van der Waals surface area contributed by atoms with Gasteiger partial charge in [-0.2, -0.15) is 0 Å². The third-order valence-corrected chi connectivity index (χ3v) is 6.44. The quantitative estimate of drug-likeness (QED) is 0.496. The SMILES string of the molecule is Cc1ccc(Cl)cc1Nc1c(C(=O)N2CCC(c3ccc(F)cc3)CC2)c[nH]c(=O)c1Cl. The molecule has 3 aromatic rings. The molecule has 2 heterocycles. The number of H-pyrrole nitrogens is 1. The predicted octanol–water partition coefficient (Wildman–Crippen LogP) is 5.89. The lowest BCUT2D eigenvalue weighted by atomic mass is 9.89. The summed E-state index contributed by atoms with van der Waals surface area (Å²) in [4.78, 5) is 29.8. The van der Waals surface area contributed by atoms with E-state index in [1.807, 2.05) is 13.0 Å². The van der Waals surface area contributed by atoms with Crippen molar-refractivity contribution < 1.29 is 9.18 Å². The number of aryl methyl sites for hydroxylation is 1. The Labute approximate surface area is 195 Å². The Kier molecular flexibility index (Phi) is 6.53. The highest BCUT2D eigenvalue weighted by Gasteiger charge is 2.27. The molecule has 0 atom stereocenters. The van der Waals surface area contributed by atoms with E-state index in [0.29, 0.717) is 23.8 Å². The average Bonchev–Trinajstić information content (AvgIpc) is 2.79. The van der Waals surface area contributed by atoms with E-state index in [0.717, 1.165) is 24.0 Å². The molecule has 4 rings (SSSR count).